The first-order valence-electron chi connectivity index (χ1n) is 9.34. The van der Waals surface area contributed by atoms with Crippen molar-refractivity contribution in [3.63, 3.8) is 0 Å². The first-order chi connectivity index (χ1) is 12.6. The number of hydrogen-bond donors (Lipinski definition) is 2. The molecule has 0 radical (unpaired) electrons. The highest BCUT2D eigenvalue weighted by Crippen LogP contribution is 2.29. The number of anilines is 1. The maximum absolute atomic E-state index is 12.7. The number of thiophene rings is 1. The lowest BCUT2D eigenvalue weighted by Gasteiger charge is -2.21. The van der Waals surface area contributed by atoms with E-state index in [9.17, 15) is 9.59 Å². The number of aryl methyl sites for hydroxylation is 1. The summed E-state index contributed by atoms with van der Waals surface area (Å²) < 4.78 is 0. The molecule has 1 atom stereocenters. The molecule has 1 unspecified atom stereocenters. The Hall–Kier alpha value is -2.14. The molecule has 0 bridgehead atoms. The van der Waals surface area contributed by atoms with E-state index in [0.717, 1.165) is 5.56 Å². The van der Waals surface area contributed by atoms with Gasteiger partial charge in [-0.2, -0.15) is 0 Å². The molecule has 0 spiro atoms. The quantitative estimate of drug-likeness (QED) is 0.716. The van der Waals surface area contributed by atoms with Crippen molar-refractivity contribution in [3.05, 3.63) is 52.4 Å². The van der Waals surface area contributed by atoms with E-state index in [4.69, 9.17) is 0 Å². The lowest BCUT2D eigenvalue weighted by molar-refractivity contribution is -0.123. The highest BCUT2D eigenvalue weighted by Gasteiger charge is 2.23. The van der Waals surface area contributed by atoms with Crippen LogP contribution in [0.15, 0.2) is 36.4 Å². The van der Waals surface area contributed by atoms with Gasteiger partial charge in [-0.15, -0.1) is 11.3 Å². The molecule has 2 rings (SSSR count). The van der Waals surface area contributed by atoms with Gasteiger partial charge in [0, 0.05) is 17.9 Å². The molecule has 2 amide bonds. The maximum atomic E-state index is 12.7. The van der Waals surface area contributed by atoms with Crippen molar-refractivity contribution in [1.82, 2.24) is 5.32 Å². The number of carbonyl (C=O) groups is 2. The first kappa shape index (κ1) is 21.2. The van der Waals surface area contributed by atoms with Gasteiger partial charge >= 0.3 is 0 Å². The summed E-state index contributed by atoms with van der Waals surface area (Å²) in [5, 5.41) is 6.69. The van der Waals surface area contributed by atoms with Crippen LogP contribution >= 0.6 is 11.3 Å². The molecule has 1 aromatic heterocycles. The van der Waals surface area contributed by atoms with E-state index >= 15 is 0 Å². The summed E-state index contributed by atoms with van der Waals surface area (Å²) in [5.41, 5.74) is 1.64. The summed E-state index contributed by atoms with van der Waals surface area (Å²) in [6.45, 7) is 12.4. The molecular formula is C22H30N2O2S. The number of hydrogen-bond acceptors (Lipinski definition) is 3. The second kappa shape index (κ2) is 8.70. The third kappa shape index (κ3) is 5.67. The van der Waals surface area contributed by atoms with Gasteiger partial charge in [0.2, 0.25) is 5.91 Å². The molecule has 0 saturated carbocycles. The van der Waals surface area contributed by atoms with Crippen LogP contribution in [0.1, 0.15) is 61.3 Å². The van der Waals surface area contributed by atoms with Gasteiger partial charge in [0.25, 0.3) is 5.91 Å². The summed E-state index contributed by atoms with van der Waals surface area (Å²) in [6.07, 6.45) is 0. The van der Waals surface area contributed by atoms with Crippen molar-refractivity contribution in [1.29, 1.82) is 0 Å². The summed E-state index contributed by atoms with van der Waals surface area (Å²) >= 11 is 1.32. The van der Waals surface area contributed by atoms with E-state index < -0.39 is 5.41 Å². The molecule has 0 saturated heterocycles. The van der Waals surface area contributed by atoms with Crippen LogP contribution in [0, 0.1) is 18.3 Å². The Morgan fingerprint density at radius 2 is 1.74 bits per heavy atom. The third-order valence-corrected chi connectivity index (χ3v) is 5.71. The highest BCUT2D eigenvalue weighted by molar-refractivity contribution is 7.18. The predicted octanol–water partition coefficient (Wildman–Crippen LogP) is 5.21. The van der Waals surface area contributed by atoms with Crippen LogP contribution in [0.4, 0.5) is 5.00 Å². The largest absolute Gasteiger partial charge is 0.351 e. The molecular weight excluding hydrogens is 356 g/mol. The molecule has 27 heavy (non-hydrogen) atoms. The number of rotatable bonds is 6. The van der Waals surface area contributed by atoms with Crippen molar-refractivity contribution >= 4 is 28.2 Å². The van der Waals surface area contributed by atoms with Crippen LogP contribution in [0.2, 0.25) is 0 Å². The van der Waals surface area contributed by atoms with Crippen molar-refractivity contribution in [2.45, 2.75) is 47.5 Å². The van der Waals surface area contributed by atoms with Crippen molar-refractivity contribution in [2.75, 3.05) is 11.9 Å². The summed E-state index contributed by atoms with van der Waals surface area (Å²) in [6, 6.07) is 12.1. The van der Waals surface area contributed by atoms with Gasteiger partial charge in [-0.25, -0.2) is 0 Å². The third-order valence-electron chi connectivity index (χ3n) is 4.56. The minimum atomic E-state index is -0.472. The summed E-state index contributed by atoms with van der Waals surface area (Å²) in [7, 11) is 0. The number of amides is 2. The molecule has 0 aliphatic carbocycles. The van der Waals surface area contributed by atoms with Gasteiger partial charge in [-0.3, -0.25) is 9.59 Å². The molecule has 146 valence electrons. The molecule has 5 heteroatoms. The van der Waals surface area contributed by atoms with E-state index in [0.29, 0.717) is 22.3 Å². The van der Waals surface area contributed by atoms with E-state index in [1.165, 1.54) is 16.9 Å². The molecule has 4 nitrogen and oxygen atoms in total. The lowest BCUT2D eigenvalue weighted by Crippen LogP contribution is -2.30. The molecule has 0 fully saturated rings. The minimum Gasteiger partial charge on any atom is -0.351 e. The molecule has 2 N–H and O–H groups in total. The topological polar surface area (TPSA) is 58.2 Å². The molecule has 0 aliphatic heterocycles. The Kier molecular flexibility index (Phi) is 6.82. The molecule has 1 aromatic carbocycles. The Labute approximate surface area is 166 Å². The standard InChI is InChI=1S/C22H30N2O2S/c1-14(2)17(16-10-8-7-9-11-16)13-23-20(25)19-15(3)12-18(27-19)24-21(26)22(4,5)6/h7-12,14,17H,13H2,1-6H3,(H,23,25)(H,24,26). The van der Waals surface area contributed by atoms with Crippen LogP contribution in [-0.2, 0) is 4.79 Å². The van der Waals surface area contributed by atoms with Gasteiger partial charge in [0.1, 0.15) is 0 Å². The van der Waals surface area contributed by atoms with Crippen LogP contribution in [0.5, 0.6) is 0 Å². The normalized spacial score (nSPS) is 12.7. The van der Waals surface area contributed by atoms with E-state index in [2.05, 4.69) is 36.6 Å². The van der Waals surface area contributed by atoms with Crippen molar-refractivity contribution < 1.29 is 9.59 Å². The smallest absolute Gasteiger partial charge is 0.261 e. The monoisotopic (exact) mass is 386 g/mol. The van der Waals surface area contributed by atoms with E-state index in [1.54, 1.807) is 0 Å². The van der Waals surface area contributed by atoms with Crippen molar-refractivity contribution in [2.24, 2.45) is 11.3 Å². The SMILES string of the molecule is Cc1cc(NC(=O)C(C)(C)C)sc1C(=O)NCC(c1ccccc1)C(C)C. The average Bonchev–Trinajstić information content (AvgIpc) is 2.95. The zero-order valence-corrected chi connectivity index (χ0v) is 17.9. The van der Waals surface area contributed by atoms with Gasteiger partial charge in [-0.1, -0.05) is 65.0 Å². The Balaban J connectivity index is 2.06. The second-order valence-electron chi connectivity index (χ2n) is 8.30. The summed E-state index contributed by atoms with van der Waals surface area (Å²) in [5.74, 6) is 0.532. The van der Waals surface area contributed by atoms with Gasteiger partial charge < -0.3 is 10.6 Å². The fourth-order valence-electron chi connectivity index (χ4n) is 2.79. The lowest BCUT2D eigenvalue weighted by atomic mass is 9.88. The number of nitrogens with one attached hydrogen (secondary N) is 2. The predicted molar refractivity (Wildman–Crippen MR) is 113 cm³/mol. The van der Waals surface area contributed by atoms with Gasteiger partial charge in [-0.05, 0) is 30.0 Å². The highest BCUT2D eigenvalue weighted by atomic mass is 32.1. The molecule has 1 heterocycles. The van der Waals surface area contributed by atoms with Gasteiger partial charge in [0.15, 0.2) is 0 Å². The molecule has 2 aromatic rings. The second-order valence-corrected chi connectivity index (χ2v) is 9.35. The fourth-order valence-corrected chi connectivity index (χ4v) is 3.77. The number of carbonyl (C=O) groups excluding carboxylic acids is 2. The zero-order valence-electron chi connectivity index (χ0n) is 17.1. The average molecular weight is 387 g/mol. The summed E-state index contributed by atoms with van der Waals surface area (Å²) in [4.78, 5) is 25.5. The van der Waals surface area contributed by atoms with Crippen LogP contribution in [-0.4, -0.2) is 18.4 Å². The maximum Gasteiger partial charge on any atom is 0.261 e. The minimum absolute atomic E-state index is 0.0559. The van der Waals surface area contributed by atoms with Gasteiger partial charge in [0.05, 0.1) is 9.88 Å². The fraction of sp³-hybridized carbons (Fsp3) is 0.455. The Morgan fingerprint density at radius 1 is 1.11 bits per heavy atom. The Morgan fingerprint density at radius 3 is 2.30 bits per heavy atom. The number of benzene rings is 1. The first-order valence-corrected chi connectivity index (χ1v) is 10.2. The Bertz CT molecular complexity index is 788. The van der Waals surface area contributed by atoms with Crippen molar-refractivity contribution in [3.8, 4) is 0 Å². The molecule has 0 aliphatic rings. The van der Waals surface area contributed by atoms with E-state index in [-0.39, 0.29) is 17.7 Å². The zero-order chi connectivity index (χ0) is 20.2. The van der Waals surface area contributed by atoms with Crippen LogP contribution < -0.4 is 10.6 Å². The van der Waals surface area contributed by atoms with Crippen LogP contribution in [0.3, 0.4) is 0 Å². The van der Waals surface area contributed by atoms with E-state index in [1.807, 2.05) is 52.0 Å². The van der Waals surface area contributed by atoms with Crippen LogP contribution in [0.25, 0.3) is 0 Å².